The number of aryl methyl sites for hydroxylation is 1. The van der Waals surface area contributed by atoms with E-state index in [0.29, 0.717) is 27.1 Å². The Kier molecular flexibility index (Phi) is 4.67. The Labute approximate surface area is 180 Å². The predicted molar refractivity (Wildman–Crippen MR) is 117 cm³/mol. The number of nitrogens with zero attached hydrogens (tertiary/aromatic N) is 3. The van der Waals surface area contributed by atoms with Gasteiger partial charge in [0.15, 0.2) is 11.6 Å². The number of para-hydroxylation sites is 1. The number of pyridine rings is 1. The largest absolute Gasteiger partial charge is 0.488 e. The van der Waals surface area contributed by atoms with Crippen molar-refractivity contribution in [2.24, 2.45) is 0 Å². The van der Waals surface area contributed by atoms with Gasteiger partial charge in [-0.15, -0.1) is 0 Å². The summed E-state index contributed by atoms with van der Waals surface area (Å²) in [5.41, 5.74) is 3.41. The minimum atomic E-state index is -0.404. The Morgan fingerprint density at radius 1 is 1.30 bits per heavy atom. The van der Waals surface area contributed by atoms with Crippen LogP contribution >= 0.6 is 15.9 Å². The summed E-state index contributed by atoms with van der Waals surface area (Å²) in [6.07, 6.45) is 1.79. The van der Waals surface area contributed by atoms with Crippen molar-refractivity contribution in [2.75, 3.05) is 18.1 Å². The van der Waals surface area contributed by atoms with Crippen molar-refractivity contribution in [2.45, 2.75) is 13.0 Å². The van der Waals surface area contributed by atoms with Crippen molar-refractivity contribution in [3.8, 4) is 17.1 Å². The first-order valence-electron chi connectivity index (χ1n) is 9.49. The molecule has 5 rings (SSSR count). The summed E-state index contributed by atoms with van der Waals surface area (Å²) >= 11 is 3.31. The lowest BCUT2D eigenvalue weighted by molar-refractivity contribution is 0.195. The number of aliphatic hydroxyl groups excluding tert-OH is 1. The summed E-state index contributed by atoms with van der Waals surface area (Å²) in [6.45, 7) is 2.18. The summed E-state index contributed by atoms with van der Waals surface area (Å²) < 4.78 is 21.0. The van der Waals surface area contributed by atoms with Crippen LogP contribution in [0.1, 0.15) is 5.56 Å². The second-order valence-electron chi connectivity index (χ2n) is 7.23. The Balaban J connectivity index is 1.66. The lowest BCUT2D eigenvalue weighted by Crippen LogP contribution is -2.43. The molecule has 0 spiro atoms. The molecular weight excluding hydrogens is 451 g/mol. The molecule has 0 saturated heterocycles. The number of hydrogen-bond donors (Lipinski definition) is 2. The van der Waals surface area contributed by atoms with E-state index in [1.807, 2.05) is 42.2 Å². The van der Waals surface area contributed by atoms with Crippen LogP contribution < -0.4 is 9.64 Å². The van der Waals surface area contributed by atoms with Gasteiger partial charge in [0.25, 0.3) is 0 Å². The number of hydrogen-bond acceptors (Lipinski definition) is 5. The van der Waals surface area contributed by atoms with Crippen molar-refractivity contribution in [1.82, 2.24) is 15.0 Å². The molecule has 1 aliphatic rings. The van der Waals surface area contributed by atoms with Crippen LogP contribution in [0.2, 0.25) is 0 Å². The van der Waals surface area contributed by atoms with Crippen LogP contribution in [0.3, 0.4) is 0 Å². The van der Waals surface area contributed by atoms with E-state index in [4.69, 9.17) is 4.74 Å². The number of nitrogens with one attached hydrogen (secondary N) is 1. The maximum atomic E-state index is 14.3. The second kappa shape index (κ2) is 7.37. The standard InChI is InChI=1S/C22H18BrFN4O2/c1-12-5-6-19(25-9-12)28-14(10-29)11-30-21-15(3-2-4-18(21)28)22-26-17-8-13(23)7-16(24)20(17)27-22/h2-9,14,29H,10-11H2,1H3,(H,26,27). The van der Waals surface area contributed by atoms with E-state index >= 15 is 0 Å². The number of rotatable bonds is 3. The van der Waals surface area contributed by atoms with Gasteiger partial charge in [-0.25, -0.2) is 14.4 Å². The van der Waals surface area contributed by atoms with Crippen molar-refractivity contribution in [3.05, 3.63) is 64.5 Å². The van der Waals surface area contributed by atoms with Crippen LogP contribution in [0.25, 0.3) is 22.4 Å². The quantitative estimate of drug-likeness (QED) is 0.454. The van der Waals surface area contributed by atoms with Crippen LogP contribution in [0.4, 0.5) is 15.9 Å². The van der Waals surface area contributed by atoms with Crippen molar-refractivity contribution >= 4 is 38.5 Å². The molecule has 2 aromatic heterocycles. The first-order valence-corrected chi connectivity index (χ1v) is 10.3. The van der Waals surface area contributed by atoms with Gasteiger partial charge in [-0.3, -0.25) is 0 Å². The van der Waals surface area contributed by atoms with E-state index in [1.165, 1.54) is 6.07 Å². The molecule has 0 aliphatic carbocycles. The summed E-state index contributed by atoms with van der Waals surface area (Å²) in [5.74, 6) is 1.44. The summed E-state index contributed by atoms with van der Waals surface area (Å²) in [7, 11) is 0. The third-order valence-corrected chi connectivity index (χ3v) is 5.61. The first-order chi connectivity index (χ1) is 14.5. The van der Waals surface area contributed by atoms with Gasteiger partial charge in [-0.2, -0.15) is 0 Å². The van der Waals surface area contributed by atoms with E-state index in [2.05, 4.69) is 30.9 Å². The molecule has 2 N–H and O–H groups in total. The van der Waals surface area contributed by atoms with Gasteiger partial charge in [0.05, 0.1) is 29.4 Å². The third kappa shape index (κ3) is 3.12. The SMILES string of the molecule is Cc1ccc(N2c3cccc(-c4nc5c(F)cc(Br)cc5[nH]4)c3OCC2CO)nc1. The third-order valence-electron chi connectivity index (χ3n) is 5.15. The molecule has 1 unspecified atom stereocenters. The predicted octanol–water partition coefficient (Wildman–Crippen LogP) is 4.73. The summed E-state index contributed by atoms with van der Waals surface area (Å²) in [5, 5.41) is 9.93. The van der Waals surface area contributed by atoms with Crippen LogP contribution in [-0.2, 0) is 0 Å². The molecular formula is C22H18BrFN4O2. The molecule has 6 nitrogen and oxygen atoms in total. The zero-order valence-electron chi connectivity index (χ0n) is 16.1. The number of anilines is 2. The topological polar surface area (TPSA) is 74.3 Å². The number of halogens is 2. The number of aromatic nitrogens is 3. The Morgan fingerprint density at radius 2 is 2.17 bits per heavy atom. The van der Waals surface area contributed by atoms with Crippen LogP contribution in [-0.4, -0.2) is 39.3 Å². The lowest BCUT2D eigenvalue weighted by Gasteiger charge is -2.37. The van der Waals surface area contributed by atoms with Crippen molar-refractivity contribution < 1.29 is 14.2 Å². The summed E-state index contributed by atoms with van der Waals surface area (Å²) in [6, 6.07) is 12.5. The molecule has 1 atom stereocenters. The van der Waals surface area contributed by atoms with Gasteiger partial charge in [0.1, 0.15) is 23.8 Å². The molecule has 0 radical (unpaired) electrons. The number of aromatic amines is 1. The molecule has 4 aromatic rings. The summed E-state index contributed by atoms with van der Waals surface area (Å²) in [4.78, 5) is 14.2. The number of benzene rings is 2. The highest BCUT2D eigenvalue weighted by molar-refractivity contribution is 9.10. The van der Waals surface area contributed by atoms with Crippen LogP contribution in [0.15, 0.2) is 53.1 Å². The van der Waals surface area contributed by atoms with E-state index in [-0.39, 0.29) is 24.8 Å². The maximum absolute atomic E-state index is 14.3. The highest BCUT2D eigenvalue weighted by Crippen LogP contribution is 2.44. The normalized spacial score (nSPS) is 15.9. The number of aliphatic hydroxyl groups is 1. The van der Waals surface area contributed by atoms with Gasteiger partial charge in [0.2, 0.25) is 0 Å². The van der Waals surface area contributed by atoms with Gasteiger partial charge in [0, 0.05) is 10.7 Å². The fraction of sp³-hybridized carbons (Fsp3) is 0.182. The minimum Gasteiger partial charge on any atom is -0.488 e. The van der Waals surface area contributed by atoms with Gasteiger partial charge in [-0.05, 0) is 42.8 Å². The Hall–Kier alpha value is -2.97. The second-order valence-corrected chi connectivity index (χ2v) is 8.15. The zero-order valence-corrected chi connectivity index (χ0v) is 17.6. The molecule has 152 valence electrons. The van der Waals surface area contributed by atoms with Crippen molar-refractivity contribution in [3.63, 3.8) is 0 Å². The number of H-pyrrole nitrogens is 1. The molecule has 0 bridgehead atoms. The number of imidazole rings is 1. The lowest BCUT2D eigenvalue weighted by atomic mass is 10.1. The fourth-order valence-electron chi connectivity index (χ4n) is 3.72. The zero-order chi connectivity index (χ0) is 20.8. The Morgan fingerprint density at radius 3 is 2.93 bits per heavy atom. The van der Waals surface area contributed by atoms with E-state index in [9.17, 15) is 9.50 Å². The smallest absolute Gasteiger partial charge is 0.154 e. The molecule has 2 aromatic carbocycles. The average Bonchev–Trinajstić information content (AvgIpc) is 3.17. The fourth-order valence-corrected chi connectivity index (χ4v) is 4.15. The minimum absolute atomic E-state index is 0.0803. The van der Waals surface area contributed by atoms with E-state index < -0.39 is 5.82 Å². The van der Waals surface area contributed by atoms with Gasteiger partial charge >= 0.3 is 0 Å². The highest BCUT2D eigenvalue weighted by atomic mass is 79.9. The number of fused-ring (bicyclic) bond motifs is 2. The monoisotopic (exact) mass is 468 g/mol. The first kappa shape index (κ1) is 19.0. The molecule has 1 aliphatic heterocycles. The van der Waals surface area contributed by atoms with Crippen molar-refractivity contribution in [1.29, 1.82) is 0 Å². The molecule has 0 amide bonds. The molecule has 0 saturated carbocycles. The highest BCUT2D eigenvalue weighted by Gasteiger charge is 2.31. The number of ether oxygens (including phenoxy) is 1. The Bertz CT molecular complexity index is 1240. The van der Waals surface area contributed by atoms with Crippen LogP contribution in [0, 0.1) is 12.7 Å². The van der Waals surface area contributed by atoms with E-state index in [1.54, 1.807) is 12.3 Å². The maximum Gasteiger partial charge on any atom is 0.154 e. The molecule has 0 fully saturated rings. The van der Waals surface area contributed by atoms with Gasteiger partial charge in [-0.1, -0.05) is 28.1 Å². The van der Waals surface area contributed by atoms with Crippen LogP contribution in [0.5, 0.6) is 5.75 Å². The molecule has 3 heterocycles. The molecule has 8 heteroatoms. The average molecular weight is 469 g/mol. The van der Waals surface area contributed by atoms with Gasteiger partial charge < -0.3 is 19.7 Å². The van der Waals surface area contributed by atoms with E-state index in [0.717, 1.165) is 17.1 Å². The molecule has 30 heavy (non-hydrogen) atoms.